The normalized spacial score (nSPS) is 23.8. The van der Waals surface area contributed by atoms with Crippen LogP contribution in [0.3, 0.4) is 0 Å². The topological polar surface area (TPSA) is 42.0 Å². The van der Waals surface area contributed by atoms with Crippen molar-refractivity contribution in [1.82, 2.24) is 10.3 Å². The summed E-state index contributed by atoms with van der Waals surface area (Å²) in [6.45, 7) is 0. The van der Waals surface area contributed by atoms with Crippen molar-refractivity contribution in [2.45, 2.75) is 31.1 Å². The number of halogens is 1. The summed E-state index contributed by atoms with van der Waals surface area (Å²) in [4.78, 5) is 17.2. The zero-order valence-corrected chi connectivity index (χ0v) is 12.6. The summed E-state index contributed by atoms with van der Waals surface area (Å²) in [7, 11) is 1.78. The van der Waals surface area contributed by atoms with Crippen molar-refractivity contribution in [3.63, 3.8) is 0 Å². The van der Waals surface area contributed by atoms with Crippen LogP contribution in [-0.4, -0.2) is 22.8 Å². The number of carbonyl (C=O) groups excluding carboxylic acids is 1. The maximum absolute atomic E-state index is 12.5. The van der Waals surface area contributed by atoms with Crippen LogP contribution in [0.1, 0.15) is 31.2 Å². The van der Waals surface area contributed by atoms with Crippen LogP contribution in [0.25, 0.3) is 0 Å². The molecule has 0 bridgehead atoms. The SMILES string of the molecule is CNC(=S)[C@]1(c2cncc(Br)c2)CCCCC1=O. The van der Waals surface area contributed by atoms with E-state index in [0.717, 1.165) is 29.3 Å². The van der Waals surface area contributed by atoms with Gasteiger partial charge in [-0.2, -0.15) is 0 Å². The average molecular weight is 327 g/mol. The molecule has 1 heterocycles. The van der Waals surface area contributed by atoms with Gasteiger partial charge in [0.2, 0.25) is 0 Å². The van der Waals surface area contributed by atoms with Crippen molar-refractivity contribution in [3.05, 3.63) is 28.5 Å². The van der Waals surface area contributed by atoms with Crippen LogP contribution in [0.5, 0.6) is 0 Å². The summed E-state index contributed by atoms with van der Waals surface area (Å²) >= 11 is 8.82. The van der Waals surface area contributed by atoms with Gasteiger partial charge in [0.1, 0.15) is 11.2 Å². The van der Waals surface area contributed by atoms with E-state index in [4.69, 9.17) is 12.2 Å². The molecular weight excluding hydrogens is 312 g/mol. The Hall–Kier alpha value is -0.810. The summed E-state index contributed by atoms with van der Waals surface area (Å²) in [5, 5.41) is 2.99. The smallest absolute Gasteiger partial charge is 0.150 e. The van der Waals surface area contributed by atoms with Gasteiger partial charge in [-0.3, -0.25) is 9.78 Å². The number of nitrogens with zero attached hydrogens (tertiary/aromatic N) is 1. The van der Waals surface area contributed by atoms with Crippen molar-refractivity contribution in [3.8, 4) is 0 Å². The van der Waals surface area contributed by atoms with E-state index < -0.39 is 5.41 Å². The van der Waals surface area contributed by atoms with Gasteiger partial charge in [-0.15, -0.1) is 0 Å². The molecule has 2 rings (SSSR count). The number of thiocarbonyl (C=S) groups is 1. The molecule has 1 atom stereocenters. The maximum atomic E-state index is 12.5. The molecule has 1 fully saturated rings. The van der Waals surface area contributed by atoms with Gasteiger partial charge in [0, 0.05) is 30.3 Å². The molecule has 1 aromatic rings. The number of hydrogen-bond donors (Lipinski definition) is 1. The van der Waals surface area contributed by atoms with Gasteiger partial charge in [-0.1, -0.05) is 18.6 Å². The standard InChI is InChI=1S/C13H15BrN2OS/c1-15-12(18)13(5-3-2-4-11(13)17)9-6-10(14)8-16-7-9/h6-8H,2-5H2,1H3,(H,15,18)/t13-/m0/s1. The van der Waals surface area contributed by atoms with E-state index in [1.807, 2.05) is 6.07 Å². The summed E-state index contributed by atoms with van der Waals surface area (Å²) < 4.78 is 0.872. The van der Waals surface area contributed by atoms with E-state index in [1.165, 1.54) is 0 Å². The first-order valence-electron chi connectivity index (χ1n) is 5.98. The zero-order valence-electron chi connectivity index (χ0n) is 10.2. The van der Waals surface area contributed by atoms with E-state index in [-0.39, 0.29) is 5.78 Å². The first-order valence-corrected chi connectivity index (χ1v) is 7.18. The van der Waals surface area contributed by atoms with Crippen LogP contribution in [0, 0.1) is 0 Å². The van der Waals surface area contributed by atoms with E-state index in [1.54, 1.807) is 19.4 Å². The predicted octanol–water partition coefficient (Wildman–Crippen LogP) is 2.77. The Morgan fingerprint density at radius 2 is 2.28 bits per heavy atom. The molecule has 0 aliphatic heterocycles. The Bertz CT molecular complexity index is 482. The van der Waals surface area contributed by atoms with Crippen LogP contribution in [-0.2, 0) is 10.2 Å². The van der Waals surface area contributed by atoms with Gasteiger partial charge in [-0.05, 0) is 40.4 Å². The molecule has 3 nitrogen and oxygen atoms in total. The van der Waals surface area contributed by atoms with Gasteiger partial charge >= 0.3 is 0 Å². The van der Waals surface area contributed by atoms with Gasteiger partial charge in [0.05, 0.1) is 4.99 Å². The number of aromatic nitrogens is 1. The highest BCUT2D eigenvalue weighted by Gasteiger charge is 2.45. The van der Waals surface area contributed by atoms with Crippen molar-refractivity contribution >= 4 is 38.9 Å². The maximum Gasteiger partial charge on any atom is 0.150 e. The zero-order chi connectivity index (χ0) is 13.2. The Labute approximate surface area is 121 Å². The highest BCUT2D eigenvalue weighted by molar-refractivity contribution is 9.10. The predicted molar refractivity (Wildman–Crippen MR) is 78.7 cm³/mol. The quantitative estimate of drug-likeness (QED) is 0.848. The molecule has 1 aromatic heterocycles. The molecule has 18 heavy (non-hydrogen) atoms. The van der Waals surface area contributed by atoms with E-state index in [2.05, 4.69) is 26.2 Å². The Kier molecular flexibility index (Phi) is 4.12. The minimum absolute atomic E-state index is 0.202. The van der Waals surface area contributed by atoms with Crippen LogP contribution >= 0.6 is 28.1 Å². The number of pyridine rings is 1. The summed E-state index contributed by atoms with van der Waals surface area (Å²) in [6.07, 6.45) is 6.79. The molecule has 5 heteroatoms. The van der Waals surface area contributed by atoms with Crippen molar-refractivity contribution < 1.29 is 4.79 Å². The molecule has 0 radical (unpaired) electrons. The number of carbonyl (C=O) groups is 1. The summed E-state index contributed by atoms with van der Waals surface area (Å²) in [5.74, 6) is 0.202. The van der Waals surface area contributed by atoms with Crippen molar-refractivity contribution in [2.24, 2.45) is 0 Å². The van der Waals surface area contributed by atoms with Crippen molar-refractivity contribution in [1.29, 1.82) is 0 Å². The van der Waals surface area contributed by atoms with Crippen LogP contribution in [0.2, 0.25) is 0 Å². The molecule has 1 aliphatic carbocycles. The third-order valence-electron chi connectivity index (χ3n) is 3.49. The molecule has 1 N–H and O–H groups in total. The minimum atomic E-state index is -0.681. The second-order valence-corrected chi connectivity index (χ2v) is 5.83. The molecule has 0 amide bonds. The first-order chi connectivity index (χ1) is 8.61. The monoisotopic (exact) mass is 326 g/mol. The second kappa shape index (κ2) is 5.45. The molecule has 96 valence electrons. The first kappa shape index (κ1) is 13.6. The lowest BCUT2D eigenvalue weighted by molar-refractivity contribution is -0.123. The molecule has 1 saturated carbocycles. The lowest BCUT2D eigenvalue weighted by Gasteiger charge is -2.36. The van der Waals surface area contributed by atoms with E-state index in [9.17, 15) is 4.79 Å². The van der Waals surface area contributed by atoms with Gasteiger partial charge in [0.15, 0.2) is 0 Å². The number of hydrogen-bond acceptors (Lipinski definition) is 3. The Morgan fingerprint density at radius 1 is 1.50 bits per heavy atom. The molecule has 0 spiro atoms. The Morgan fingerprint density at radius 3 is 2.89 bits per heavy atom. The number of nitrogens with one attached hydrogen (secondary N) is 1. The molecule has 1 aliphatic rings. The number of ketones is 1. The fourth-order valence-electron chi connectivity index (χ4n) is 2.56. The molecular formula is C13H15BrN2OS. The van der Waals surface area contributed by atoms with Crippen LogP contribution < -0.4 is 5.32 Å². The van der Waals surface area contributed by atoms with Gasteiger partial charge < -0.3 is 5.32 Å². The number of Topliss-reactive ketones (excluding diaryl/α,β-unsaturated/α-hetero) is 1. The third kappa shape index (κ3) is 2.21. The van der Waals surface area contributed by atoms with Gasteiger partial charge in [-0.25, -0.2) is 0 Å². The van der Waals surface area contributed by atoms with Crippen LogP contribution in [0.4, 0.5) is 0 Å². The highest BCUT2D eigenvalue weighted by Crippen LogP contribution is 2.38. The number of rotatable bonds is 2. The second-order valence-electron chi connectivity index (χ2n) is 4.51. The summed E-state index contributed by atoms with van der Waals surface area (Å²) in [6, 6.07) is 1.94. The van der Waals surface area contributed by atoms with Crippen LogP contribution in [0.15, 0.2) is 22.9 Å². The fourth-order valence-corrected chi connectivity index (χ4v) is 3.26. The third-order valence-corrected chi connectivity index (χ3v) is 4.48. The molecule has 0 saturated heterocycles. The van der Waals surface area contributed by atoms with Crippen molar-refractivity contribution in [2.75, 3.05) is 7.05 Å². The lowest BCUT2D eigenvalue weighted by Crippen LogP contribution is -2.49. The van der Waals surface area contributed by atoms with Gasteiger partial charge in [0.25, 0.3) is 0 Å². The highest BCUT2D eigenvalue weighted by atomic mass is 79.9. The number of likely N-dealkylation sites (N-methyl/N-ethyl adjacent to an activating group) is 1. The average Bonchev–Trinajstić information content (AvgIpc) is 2.38. The summed E-state index contributed by atoms with van der Waals surface area (Å²) in [5.41, 5.74) is 0.208. The fraction of sp³-hybridized carbons (Fsp3) is 0.462. The molecule has 0 aromatic carbocycles. The molecule has 0 unspecified atom stereocenters. The Balaban J connectivity index is 2.54. The van der Waals surface area contributed by atoms with E-state index in [0.29, 0.717) is 11.4 Å². The lowest BCUT2D eigenvalue weighted by atomic mass is 9.68. The largest absolute Gasteiger partial charge is 0.382 e. The minimum Gasteiger partial charge on any atom is -0.382 e. The van der Waals surface area contributed by atoms with E-state index >= 15 is 0 Å².